The Kier molecular flexibility index (Phi) is 6.86. The second-order valence-electron chi connectivity index (χ2n) is 4.04. The summed E-state index contributed by atoms with van der Waals surface area (Å²) in [5.74, 6) is 0.352. The molecule has 0 unspecified atom stereocenters. The Hall–Kier alpha value is -2.59. The molecule has 0 aliphatic heterocycles. The summed E-state index contributed by atoms with van der Waals surface area (Å²) in [6, 6.07) is 6.93. The molecule has 1 rings (SSSR count). The molecule has 2 N–H and O–H groups in total. The number of carbonyl (C=O) groups excluding carboxylic acids is 1. The van der Waals surface area contributed by atoms with Crippen LogP contribution in [-0.4, -0.2) is 31.3 Å². The second-order valence-corrected chi connectivity index (χ2v) is 4.48. The predicted octanol–water partition coefficient (Wildman–Crippen LogP) is 1.83. The molecule has 0 amide bonds. The quantitative estimate of drug-likeness (QED) is 0.354. The number of carbonyl (C=O) groups is 1. The van der Waals surface area contributed by atoms with E-state index >= 15 is 0 Å². The molecule has 0 saturated carbocycles. The number of ether oxygens (including phenoxy) is 3. The van der Waals surface area contributed by atoms with Gasteiger partial charge in [-0.25, -0.2) is 4.79 Å². The molecule has 0 radical (unpaired) electrons. The molecule has 0 atom stereocenters. The zero-order valence-electron chi connectivity index (χ0n) is 12.3. The van der Waals surface area contributed by atoms with Gasteiger partial charge >= 0.3 is 5.97 Å². The lowest BCUT2D eigenvalue weighted by molar-refractivity contribution is -0.142. The molecular formula is C15H16N2O4S. The highest BCUT2D eigenvalue weighted by atomic mass is 32.1. The summed E-state index contributed by atoms with van der Waals surface area (Å²) in [7, 11) is 1.28. The molecule has 7 heteroatoms. The number of methoxy groups -OCH3 is 1. The van der Waals surface area contributed by atoms with Crippen molar-refractivity contribution < 1.29 is 19.0 Å². The molecule has 0 bridgehead atoms. The summed E-state index contributed by atoms with van der Waals surface area (Å²) in [5, 5.41) is 8.96. The number of nitriles is 1. The fraction of sp³-hybridized carbons (Fsp3) is 0.267. The SMILES string of the molecule is CCOc1cc(/C=C(\C#N)C(N)=S)ccc1OCC(=O)OC. The molecule has 6 nitrogen and oxygen atoms in total. The zero-order chi connectivity index (χ0) is 16.5. The average Bonchev–Trinajstić information content (AvgIpc) is 2.51. The Morgan fingerprint density at radius 1 is 1.41 bits per heavy atom. The molecule has 0 aliphatic rings. The van der Waals surface area contributed by atoms with Gasteiger partial charge in [-0.1, -0.05) is 18.3 Å². The first-order chi connectivity index (χ1) is 10.5. The van der Waals surface area contributed by atoms with E-state index in [0.717, 1.165) is 0 Å². The first-order valence-corrected chi connectivity index (χ1v) is 6.80. The van der Waals surface area contributed by atoms with Crippen LogP contribution in [0.4, 0.5) is 0 Å². The molecule has 0 aliphatic carbocycles. The number of nitrogens with two attached hydrogens (primary N) is 1. The van der Waals surface area contributed by atoms with Gasteiger partial charge in [0.05, 0.1) is 19.3 Å². The highest BCUT2D eigenvalue weighted by Gasteiger charge is 2.09. The van der Waals surface area contributed by atoms with E-state index in [1.165, 1.54) is 7.11 Å². The van der Waals surface area contributed by atoms with Gasteiger partial charge in [0, 0.05) is 0 Å². The van der Waals surface area contributed by atoms with Crippen molar-refractivity contribution in [3.63, 3.8) is 0 Å². The molecular weight excluding hydrogens is 304 g/mol. The van der Waals surface area contributed by atoms with Crippen molar-refractivity contribution in [2.75, 3.05) is 20.3 Å². The van der Waals surface area contributed by atoms with Crippen LogP contribution >= 0.6 is 12.2 Å². The van der Waals surface area contributed by atoms with Crippen molar-refractivity contribution in [2.24, 2.45) is 5.73 Å². The highest BCUT2D eigenvalue weighted by molar-refractivity contribution is 7.80. The van der Waals surface area contributed by atoms with Crippen LogP contribution in [0.2, 0.25) is 0 Å². The summed E-state index contributed by atoms with van der Waals surface area (Å²) in [4.78, 5) is 11.1. The Bertz CT molecular complexity index is 635. The number of esters is 1. The van der Waals surface area contributed by atoms with Crippen molar-refractivity contribution >= 4 is 29.3 Å². The maximum absolute atomic E-state index is 11.1. The minimum absolute atomic E-state index is 0.0199. The van der Waals surface area contributed by atoms with E-state index in [0.29, 0.717) is 23.7 Å². The van der Waals surface area contributed by atoms with Crippen LogP contribution in [0.3, 0.4) is 0 Å². The lowest BCUT2D eigenvalue weighted by Gasteiger charge is -2.12. The summed E-state index contributed by atoms with van der Waals surface area (Å²) >= 11 is 4.79. The van der Waals surface area contributed by atoms with E-state index in [2.05, 4.69) is 4.74 Å². The van der Waals surface area contributed by atoms with E-state index in [4.69, 9.17) is 32.7 Å². The molecule has 0 fully saturated rings. The Balaban J connectivity index is 3.06. The van der Waals surface area contributed by atoms with Crippen LogP contribution in [0.15, 0.2) is 23.8 Å². The summed E-state index contributed by atoms with van der Waals surface area (Å²) in [5.41, 5.74) is 6.33. The largest absolute Gasteiger partial charge is 0.490 e. The third-order valence-electron chi connectivity index (χ3n) is 2.54. The number of nitrogens with zero attached hydrogens (tertiary/aromatic N) is 1. The first-order valence-electron chi connectivity index (χ1n) is 6.39. The molecule has 0 aromatic heterocycles. The molecule has 116 valence electrons. The topological polar surface area (TPSA) is 94.6 Å². The van der Waals surface area contributed by atoms with Crippen molar-refractivity contribution in [2.45, 2.75) is 6.92 Å². The highest BCUT2D eigenvalue weighted by Crippen LogP contribution is 2.29. The minimum Gasteiger partial charge on any atom is -0.490 e. The third kappa shape index (κ3) is 5.07. The van der Waals surface area contributed by atoms with Crippen LogP contribution in [0, 0.1) is 11.3 Å². The minimum atomic E-state index is -0.494. The van der Waals surface area contributed by atoms with Gasteiger partial charge in [0.1, 0.15) is 11.1 Å². The monoisotopic (exact) mass is 320 g/mol. The summed E-state index contributed by atoms with van der Waals surface area (Å²) < 4.78 is 15.3. The smallest absolute Gasteiger partial charge is 0.343 e. The van der Waals surface area contributed by atoms with Crippen molar-refractivity contribution in [1.82, 2.24) is 0 Å². The number of benzene rings is 1. The average molecular weight is 320 g/mol. The van der Waals surface area contributed by atoms with Crippen LogP contribution in [0.1, 0.15) is 12.5 Å². The van der Waals surface area contributed by atoms with E-state index in [9.17, 15) is 4.79 Å². The standard InChI is InChI=1S/C15H16N2O4S/c1-3-20-13-7-10(6-11(8-16)15(17)22)4-5-12(13)21-9-14(18)19-2/h4-7H,3,9H2,1-2H3,(H2,17,22)/b11-6+. The van der Waals surface area contributed by atoms with Crippen LogP contribution in [-0.2, 0) is 9.53 Å². The van der Waals surface area contributed by atoms with Gasteiger partial charge in [-0.3, -0.25) is 0 Å². The van der Waals surface area contributed by atoms with Gasteiger partial charge in [0.2, 0.25) is 0 Å². The number of thiocarbonyl (C=S) groups is 1. The van der Waals surface area contributed by atoms with Gasteiger partial charge in [0.15, 0.2) is 18.1 Å². The van der Waals surface area contributed by atoms with E-state index in [1.807, 2.05) is 13.0 Å². The maximum atomic E-state index is 11.1. The lowest BCUT2D eigenvalue weighted by atomic mass is 10.1. The third-order valence-corrected chi connectivity index (χ3v) is 2.76. The lowest BCUT2D eigenvalue weighted by Crippen LogP contribution is -2.13. The zero-order valence-corrected chi connectivity index (χ0v) is 13.1. The van der Waals surface area contributed by atoms with Crippen LogP contribution in [0.25, 0.3) is 6.08 Å². The van der Waals surface area contributed by atoms with Gasteiger partial charge < -0.3 is 19.9 Å². The Morgan fingerprint density at radius 3 is 2.68 bits per heavy atom. The van der Waals surface area contributed by atoms with E-state index < -0.39 is 5.97 Å². The molecule has 0 heterocycles. The van der Waals surface area contributed by atoms with Gasteiger partial charge in [-0.15, -0.1) is 0 Å². The van der Waals surface area contributed by atoms with E-state index in [1.54, 1.807) is 24.3 Å². The Labute approximate surface area is 134 Å². The predicted molar refractivity (Wildman–Crippen MR) is 85.5 cm³/mol. The maximum Gasteiger partial charge on any atom is 0.343 e. The van der Waals surface area contributed by atoms with Crippen molar-refractivity contribution in [1.29, 1.82) is 5.26 Å². The van der Waals surface area contributed by atoms with Gasteiger partial charge in [0.25, 0.3) is 0 Å². The number of hydrogen-bond acceptors (Lipinski definition) is 6. The van der Waals surface area contributed by atoms with Crippen LogP contribution in [0.5, 0.6) is 11.5 Å². The van der Waals surface area contributed by atoms with Crippen molar-refractivity contribution in [3.8, 4) is 17.6 Å². The normalized spacial score (nSPS) is 10.5. The summed E-state index contributed by atoms with van der Waals surface area (Å²) in [6.45, 7) is 2.02. The molecule has 1 aromatic carbocycles. The van der Waals surface area contributed by atoms with Crippen LogP contribution < -0.4 is 15.2 Å². The molecule has 22 heavy (non-hydrogen) atoms. The summed E-state index contributed by atoms with van der Waals surface area (Å²) in [6.07, 6.45) is 1.55. The first kappa shape index (κ1) is 17.5. The van der Waals surface area contributed by atoms with Crippen molar-refractivity contribution in [3.05, 3.63) is 29.3 Å². The number of rotatable bonds is 7. The molecule has 0 saturated heterocycles. The van der Waals surface area contributed by atoms with E-state index in [-0.39, 0.29) is 17.2 Å². The fourth-order valence-corrected chi connectivity index (χ4v) is 1.63. The molecule has 1 aromatic rings. The Morgan fingerprint density at radius 2 is 2.14 bits per heavy atom. The van der Waals surface area contributed by atoms with Gasteiger partial charge in [-0.05, 0) is 30.7 Å². The second kappa shape index (κ2) is 8.64. The fourth-order valence-electron chi connectivity index (χ4n) is 1.52. The van der Waals surface area contributed by atoms with Gasteiger partial charge in [-0.2, -0.15) is 5.26 Å². The molecule has 0 spiro atoms. The number of hydrogen-bond donors (Lipinski definition) is 1.